The average Bonchev–Trinajstić information content (AvgIpc) is 3.98. The fourth-order valence-corrected chi connectivity index (χ4v) is 7.20. The van der Waals surface area contributed by atoms with Gasteiger partial charge in [-0.15, -0.1) is 6.58 Å². The van der Waals surface area contributed by atoms with Crippen molar-refractivity contribution in [3.05, 3.63) is 67.3 Å². The Balaban J connectivity index is 1.33. The number of nitrogens with one attached hydrogen (secondary N) is 1. The molecule has 3 aliphatic rings. The topological polar surface area (TPSA) is 144 Å². The minimum absolute atomic E-state index is 0.0165. The molecule has 2 heterocycles. The highest BCUT2D eigenvalue weighted by molar-refractivity contribution is 7.90. The number of nitrogens with zero attached hydrogens (tertiary/aromatic N) is 3. The lowest BCUT2D eigenvalue weighted by Gasteiger charge is -2.30. The molecule has 1 aromatic heterocycles. The second kappa shape index (κ2) is 12.8. The molecule has 4 atom stereocenters. The van der Waals surface area contributed by atoms with E-state index in [-0.39, 0.29) is 18.9 Å². The number of imide groups is 1. The number of hydrogen-bond donors (Lipinski definition) is 1. The number of hydrogen-bond acceptors (Lipinski definition) is 9. The summed E-state index contributed by atoms with van der Waals surface area (Å²) in [6.07, 6.45) is 1.58. The molecule has 13 heteroatoms. The van der Waals surface area contributed by atoms with Crippen molar-refractivity contribution in [1.82, 2.24) is 19.5 Å². The molecule has 6 rings (SSSR count). The zero-order chi connectivity index (χ0) is 34.4. The third-order valence-electron chi connectivity index (χ3n) is 8.61. The normalized spacial score (nSPS) is 22.1. The fourth-order valence-electron chi connectivity index (χ4n) is 5.93. The van der Waals surface area contributed by atoms with Gasteiger partial charge in [0.15, 0.2) is 0 Å². The quantitative estimate of drug-likeness (QED) is 0.300. The summed E-state index contributed by atoms with van der Waals surface area (Å²) in [5.74, 6) is 0.207. The fraction of sp³-hybridized carbons (Fsp3) is 0.429. The highest BCUT2D eigenvalue weighted by Gasteiger charge is 2.52. The first-order valence-electron chi connectivity index (χ1n) is 16.0. The molecule has 0 radical (unpaired) electrons. The second-order valence-corrected chi connectivity index (χ2v) is 15.4. The van der Waals surface area contributed by atoms with Crippen molar-refractivity contribution in [3.63, 3.8) is 0 Å². The van der Waals surface area contributed by atoms with Crippen LogP contribution in [0.25, 0.3) is 22.2 Å². The Morgan fingerprint density at radius 2 is 1.79 bits per heavy atom. The second-order valence-electron chi connectivity index (χ2n) is 13.4. The minimum atomic E-state index is -3.94. The molecule has 0 spiro atoms. The lowest BCUT2D eigenvalue weighted by Crippen LogP contribution is -2.55. The number of sulfonamides is 1. The van der Waals surface area contributed by atoms with Gasteiger partial charge in [0.1, 0.15) is 29.2 Å². The number of fused-ring (bicyclic) bond motifs is 1. The number of likely N-dealkylation sites (tertiary alicyclic amines) is 1. The van der Waals surface area contributed by atoms with E-state index in [1.54, 1.807) is 46.1 Å². The summed E-state index contributed by atoms with van der Waals surface area (Å²) in [6, 6.07) is 14.1. The van der Waals surface area contributed by atoms with Crippen molar-refractivity contribution >= 4 is 39.0 Å². The molecule has 2 aliphatic carbocycles. The predicted molar refractivity (Wildman–Crippen MR) is 179 cm³/mol. The zero-order valence-corrected chi connectivity index (χ0v) is 28.2. The number of benzene rings is 2. The lowest BCUT2D eigenvalue weighted by atomic mass is 10.1. The van der Waals surface area contributed by atoms with E-state index in [2.05, 4.69) is 11.3 Å². The van der Waals surface area contributed by atoms with Gasteiger partial charge in [0, 0.05) is 35.5 Å². The molecule has 1 aliphatic heterocycles. The van der Waals surface area contributed by atoms with Crippen LogP contribution in [0.5, 0.6) is 11.5 Å². The van der Waals surface area contributed by atoms with Gasteiger partial charge in [0.25, 0.3) is 5.91 Å². The molecule has 48 heavy (non-hydrogen) atoms. The third-order valence-corrected chi connectivity index (χ3v) is 10.4. The van der Waals surface area contributed by atoms with Gasteiger partial charge in [-0.1, -0.05) is 36.4 Å². The SMILES string of the molecule is C=CC1CC1N(C(=O)NS(=O)(=O)C1CC1)C(=O)C1CC(Oc2cc(-c3ccccc3)nc3cc(OC)ccc23)CN1C(=O)OC(C)(C)C. The molecule has 1 saturated heterocycles. The first-order valence-corrected chi connectivity index (χ1v) is 17.5. The Morgan fingerprint density at radius 1 is 1.06 bits per heavy atom. The van der Waals surface area contributed by atoms with E-state index in [9.17, 15) is 22.8 Å². The number of pyridine rings is 1. The van der Waals surface area contributed by atoms with Crippen LogP contribution in [0, 0.1) is 5.92 Å². The van der Waals surface area contributed by atoms with Crippen molar-refractivity contribution in [3.8, 4) is 22.8 Å². The zero-order valence-electron chi connectivity index (χ0n) is 27.4. The van der Waals surface area contributed by atoms with Gasteiger partial charge in [0.05, 0.1) is 30.1 Å². The first-order chi connectivity index (χ1) is 22.8. The van der Waals surface area contributed by atoms with Gasteiger partial charge >= 0.3 is 12.1 Å². The highest BCUT2D eigenvalue weighted by Crippen LogP contribution is 2.40. The summed E-state index contributed by atoms with van der Waals surface area (Å²) in [7, 11) is -2.37. The van der Waals surface area contributed by atoms with Crippen LogP contribution in [0.1, 0.15) is 46.5 Å². The number of rotatable bonds is 9. The molecule has 1 N–H and O–H groups in total. The van der Waals surface area contributed by atoms with Crippen molar-refractivity contribution < 1.29 is 37.0 Å². The molecular weight excluding hydrogens is 636 g/mol. The van der Waals surface area contributed by atoms with Crippen molar-refractivity contribution in [1.29, 1.82) is 0 Å². The molecule has 12 nitrogen and oxygen atoms in total. The van der Waals surface area contributed by atoms with Gasteiger partial charge in [0.2, 0.25) is 10.0 Å². The summed E-state index contributed by atoms with van der Waals surface area (Å²) in [5, 5.41) is 0.0402. The summed E-state index contributed by atoms with van der Waals surface area (Å²) in [4.78, 5) is 48.4. The number of carbonyl (C=O) groups excluding carboxylic acids is 3. The van der Waals surface area contributed by atoms with Gasteiger partial charge < -0.3 is 14.2 Å². The van der Waals surface area contributed by atoms with Crippen LogP contribution in [0.2, 0.25) is 0 Å². The Labute approximate surface area is 280 Å². The number of amides is 4. The minimum Gasteiger partial charge on any atom is -0.497 e. The molecule has 2 aromatic carbocycles. The standard InChI is InChI=1S/C35H40N4O8S/c1-6-21-16-29(21)39(33(41)37-48(43,44)25-13-14-25)32(40)30-18-24(20-38(30)34(42)47-35(2,3)4)46-31-19-27(22-10-8-7-9-11-22)36-28-17-23(45-5)12-15-26(28)31/h6-12,15,17,19,21,24-25,29-30H,1,13-14,16,18,20H2,2-5H3,(H,37,41). The number of methoxy groups -OCH3 is 1. The molecule has 2 saturated carbocycles. The molecule has 4 amide bonds. The van der Waals surface area contributed by atoms with Gasteiger partial charge in [-0.25, -0.2) is 27.7 Å². The van der Waals surface area contributed by atoms with Gasteiger partial charge in [-0.05, 0) is 58.1 Å². The van der Waals surface area contributed by atoms with E-state index in [4.69, 9.17) is 19.2 Å². The van der Waals surface area contributed by atoms with E-state index in [0.717, 1.165) is 10.5 Å². The van der Waals surface area contributed by atoms with Crippen molar-refractivity contribution in [2.75, 3.05) is 13.7 Å². The smallest absolute Gasteiger partial charge is 0.411 e. The van der Waals surface area contributed by atoms with E-state index >= 15 is 0 Å². The Morgan fingerprint density at radius 3 is 2.42 bits per heavy atom. The van der Waals surface area contributed by atoms with Crippen LogP contribution in [0.15, 0.2) is 67.3 Å². The van der Waals surface area contributed by atoms with Crippen LogP contribution < -0.4 is 14.2 Å². The summed E-state index contributed by atoms with van der Waals surface area (Å²) < 4.78 is 45.2. The third kappa shape index (κ3) is 7.10. The number of urea groups is 1. The molecular formula is C35H40N4O8S. The summed E-state index contributed by atoms with van der Waals surface area (Å²) in [6.45, 7) is 8.92. The highest BCUT2D eigenvalue weighted by atomic mass is 32.2. The Kier molecular flexibility index (Phi) is 8.84. The maximum Gasteiger partial charge on any atom is 0.411 e. The predicted octanol–water partition coefficient (Wildman–Crippen LogP) is 5.27. The summed E-state index contributed by atoms with van der Waals surface area (Å²) in [5.41, 5.74) is 1.29. The van der Waals surface area contributed by atoms with Crippen LogP contribution in [0.3, 0.4) is 0 Å². The Hall–Kier alpha value is -4.65. The number of carbonyl (C=O) groups is 3. The average molecular weight is 677 g/mol. The summed E-state index contributed by atoms with van der Waals surface area (Å²) >= 11 is 0. The van der Waals surface area contributed by atoms with Crippen LogP contribution in [-0.2, 0) is 19.6 Å². The van der Waals surface area contributed by atoms with Crippen molar-refractivity contribution in [2.24, 2.45) is 5.92 Å². The van der Waals surface area contributed by atoms with E-state index in [1.807, 2.05) is 42.5 Å². The molecule has 254 valence electrons. The van der Waals surface area contributed by atoms with Gasteiger partial charge in [-0.3, -0.25) is 14.6 Å². The van der Waals surface area contributed by atoms with E-state index < -0.39 is 57.1 Å². The molecule has 4 unspecified atom stereocenters. The van der Waals surface area contributed by atoms with E-state index in [0.29, 0.717) is 47.4 Å². The molecule has 3 aromatic rings. The van der Waals surface area contributed by atoms with Crippen LogP contribution >= 0.6 is 0 Å². The monoisotopic (exact) mass is 676 g/mol. The van der Waals surface area contributed by atoms with Crippen molar-refractivity contribution in [2.45, 2.75) is 75.5 Å². The lowest BCUT2D eigenvalue weighted by molar-refractivity contribution is -0.133. The van der Waals surface area contributed by atoms with Crippen LogP contribution in [0.4, 0.5) is 9.59 Å². The number of aromatic nitrogens is 1. The van der Waals surface area contributed by atoms with E-state index in [1.165, 1.54) is 4.90 Å². The van der Waals surface area contributed by atoms with Gasteiger partial charge in [-0.2, -0.15) is 0 Å². The molecule has 3 fully saturated rings. The number of ether oxygens (including phenoxy) is 3. The van der Waals surface area contributed by atoms with Crippen LogP contribution in [-0.4, -0.2) is 83.9 Å². The first kappa shape index (κ1) is 33.3. The maximum absolute atomic E-state index is 14.3. The maximum atomic E-state index is 14.3. The largest absolute Gasteiger partial charge is 0.497 e. The molecule has 0 bridgehead atoms. The Bertz CT molecular complexity index is 1860.